The molecular weight excluding hydrogens is 340 g/mol. The van der Waals surface area contributed by atoms with Crippen LogP contribution in [0.5, 0.6) is 0 Å². The number of carbonyl (C=O) groups is 1. The van der Waals surface area contributed by atoms with Gasteiger partial charge in [0.25, 0.3) is 5.56 Å². The molecule has 0 fully saturated rings. The van der Waals surface area contributed by atoms with Crippen molar-refractivity contribution in [2.75, 3.05) is 0 Å². The number of hydrogen-bond acceptors (Lipinski definition) is 3. The van der Waals surface area contributed by atoms with Crippen molar-refractivity contribution >= 4 is 5.97 Å². The molecule has 0 amide bonds. The van der Waals surface area contributed by atoms with Crippen LogP contribution in [0.1, 0.15) is 35.7 Å². The van der Waals surface area contributed by atoms with Crippen molar-refractivity contribution in [2.24, 2.45) is 0 Å². The van der Waals surface area contributed by atoms with Crippen molar-refractivity contribution in [3.8, 4) is 0 Å². The van der Waals surface area contributed by atoms with Gasteiger partial charge in [0.05, 0.1) is 12.1 Å². The first kappa shape index (κ1) is 18.6. The molecule has 1 N–H and O–H groups in total. The second-order valence-electron chi connectivity index (χ2n) is 6.53. The molecule has 2 heterocycles. The summed E-state index contributed by atoms with van der Waals surface area (Å²) in [4.78, 5) is 27.2. The molecule has 3 rings (SSSR count). The summed E-state index contributed by atoms with van der Waals surface area (Å²) < 4.78 is 1.71. The molecule has 5 heteroatoms. The summed E-state index contributed by atoms with van der Waals surface area (Å²) in [5.74, 6) is -0.972. The molecule has 0 bridgehead atoms. The number of allylic oxidation sites excluding steroid dienone is 6. The Hall–Kier alpha value is -3.21. The van der Waals surface area contributed by atoms with Crippen molar-refractivity contribution in [1.82, 2.24) is 9.55 Å². The molecule has 27 heavy (non-hydrogen) atoms. The molecule has 0 unspecified atom stereocenters. The zero-order chi connectivity index (χ0) is 19.2. The highest BCUT2D eigenvalue weighted by Gasteiger charge is 2.10. The van der Waals surface area contributed by atoms with Crippen molar-refractivity contribution in [3.63, 3.8) is 0 Å². The monoisotopic (exact) mass is 362 g/mol. The molecule has 0 spiro atoms. The van der Waals surface area contributed by atoms with Gasteiger partial charge in [-0.05, 0) is 48.1 Å². The molecule has 1 aliphatic rings. The first-order chi connectivity index (χ1) is 13.1. The summed E-state index contributed by atoms with van der Waals surface area (Å²) in [6, 6.07) is 6.84. The quantitative estimate of drug-likeness (QED) is 0.849. The molecule has 0 atom stereocenters. The topological polar surface area (TPSA) is 72.2 Å². The third kappa shape index (κ3) is 4.70. The van der Waals surface area contributed by atoms with Crippen molar-refractivity contribution in [3.05, 3.63) is 99.3 Å². The fourth-order valence-electron chi connectivity index (χ4n) is 3.16. The number of aromatic nitrogens is 2. The number of hydrogen-bond donors (Lipinski definition) is 1. The zero-order valence-corrected chi connectivity index (χ0v) is 15.3. The SMILES string of the molecule is CCC1=C(Cn2ccccc2=O)C=CC(Cc2cncc(C(=O)O)c2)=CC1. The second kappa shape index (κ2) is 8.45. The molecule has 0 radical (unpaired) electrons. The van der Waals surface area contributed by atoms with Crippen LogP contribution in [-0.2, 0) is 13.0 Å². The van der Waals surface area contributed by atoms with E-state index in [0.29, 0.717) is 13.0 Å². The number of pyridine rings is 2. The maximum atomic E-state index is 12.0. The van der Waals surface area contributed by atoms with Crippen molar-refractivity contribution in [2.45, 2.75) is 32.7 Å². The van der Waals surface area contributed by atoms with Crippen LogP contribution in [0.2, 0.25) is 0 Å². The first-order valence-corrected chi connectivity index (χ1v) is 8.97. The molecule has 0 saturated heterocycles. The van der Waals surface area contributed by atoms with Gasteiger partial charge in [0, 0.05) is 24.7 Å². The van der Waals surface area contributed by atoms with E-state index in [1.807, 2.05) is 6.07 Å². The van der Waals surface area contributed by atoms with Crippen LogP contribution in [0, 0.1) is 0 Å². The molecule has 5 nitrogen and oxygen atoms in total. The number of carboxylic acids is 1. The number of nitrogens with zero attached hydrogens (tertiary/aromatic N) is 2. The molecular formula is C22H22N2O3. The third-order valence-electron chi connectivity index (χ3n) is 4.68. The van der Waals surface area contributed by atoms with Gasteiger partial charge in [-0.3, -0.25) is 9.78 Å². The summed E-state index contributed by atoms with van der Waals surface area (Å²) in [7, 11) is 0. The van der Waals surface area contributed by atoms with Crippen molar-refractivity contribution in [1.29, 1.82) is 0 Å². The van der Waals surface area contributed by atoms with E-state index in [1.54, 1.807) is 35.2 Å². The van der Waals surface area contributed by atoms with Gasteiger partial charge in [-0.25, -0.2) is 4.79 Å². The molecule has 1 aliphatic carbocycles. The Morgan fingerprint density at radius 3 is 2.85 bits per heavy atom. The maximum absolute atomic E-state index is 12.0. The predicted molar refractivity (Wildman–Crippen MR) is 105 cm³/mol. The summed E-state index contributed by atoms with van der Waals surface area (Å²) in [5.41, 5.74) is 4.61. The molecule has 0 saturated carbocycles. The van der Waals surface area contributed by atoms with Crippen LogP contribution < -0.4 is 5.56 Å². The van der Waals surface area contributed by atoms with E-state index in [1.165, 1.54) is 11.8 Å². The Kier molecular flexibility index (Phi) is 5.81. The lowest BCUT2D eigenvalue weighted by atomic mass is 10.0. The minimum absolute atomic E-state index is 0.0113. The summed E-state index contributed by atoms with van der Waals surface area (Å²) in [6.45, 7) is 2.67. The molecule has 0 aliphatic heterocycles. The van der Waals surface area contributed by atoms with Crippen LogP contribution >= 0.6 is 0 Å². The molecule has 138 valence electrons. The van der Waals surface area contributed by atoms with E-state index in [0.717, 1.165) is 29.6 Å². The van der Waals surface area contributed by atoms with Gasteiger partial charge in [0.2, 0.25) is 0 Å². The Bertz CT molecular complexity index is 996. The van der Waals surface area contributed by atoms with Gasteiger partial charge in [0.15, 0.2) is 0 Å². The average Bonchev–Trinajstić information content (AvgIpc) is 2.86. The van der Waals surface area contributed by atoms with E-state index in [4.69, 9.17) is 5.11 Å². The number of rotatable bonds is 6. The molecule has 0 aromatic carbocycles. The largest absolute Gasteiger partial charge is 0.478 e. The summed E-state index contributed by atoms with van der Waals surface area (Å²) in [5, 5.41) is 9.12. The Morgan fingerprint density at radius 2 is 2.11 bits per heavy atom. The number of aromatic carboxylic acids is 1. The lowest BCUT2D eigenvalue weighted by Gasteiger charge is -2.10. The van der Waals surface area contributed by atoms with Crippen molar-refractivity contribution < 1.29 is 9.90 Å². The van der Waals surface area contributed by atoms with E-state index >= 15 is 0 Å². The maximum Gasteiger partial charge on any atom is 0.337 e. The zero-order valence-electron chi connectivity index (χ0n) is 15.3. The minimum atomic E-state index is -0.972. The second-order valence-corrected chi connectivity index (χ2v) is 6.53. The fraction of sp³-hybridized carbons (Fsp3) is 0.227. The van der Waals surface area contributed by atoms with Crippen LogP contribution in [-0.4, -0.2) is 20.6 Å². The van der Waals surface area contributed by atoms with Crippen LogP contribution in [0.3, 0.4) is 0 Å². The van der Waals surface area contributed by atoms with E-state index < -0.39 is 5.97 Å². The fourth-order valence-corrected chi connectivity index (χ4v) is 3.16. The van der Waals surface area contributed by atoms with Crippen LogP contribution in [0.4, 0.5) is 0 Å². The first-order valence-electron chi connectivity index (χ1n) is 8.97. The van der Waals surface area contributed by atoms with Gasteiger partial charge in [-0.15, -0.1) is 0 Å². The average molecular weight is 362 g/mol. The van der Waals surface area contributed by atoms with E-state index in [2.05, 4.69) is 30.1 Å². The Labute approximate surface area is 158 Å². The summed E-state index contributed by atoms with van der Waals surface area (Å²) >= 11 is 0. The highest BCUT2D eigenvalue weighted by molar-refractivity contribution is 5.87. The Balaban J connectivity index is 1.80. The summed E-state index contributed by atoms with van der Waals surface area (Å²) in [6.07, 6.45) is 13.5. The highest BCUT2D eigenvalue weighted by atomic mass is 16.4. The smallest absolute Gasteiger partial charge is 0.337 e. The van der Waals surface area contributed by atoms with Gasteiger partial charge in [-0.1, -0.05) is 36.8 Å². The van der Waals surface area contributed by atoms with Crippen LogP contribution in [0.25, 0.3) is 0 Å². The number of carboxylic acid groups (broad SMARTS) is 1. The van der Waals surface area contributed by atoms with Gasteiger partial charge in [0.1, 0.15) is 0 Å². The van der Waals surface area contributed by atoms with Gasteiger partial charge < -0.3 is 9.67 Å². The lowest BCUT2D eigenvalue weighted by Crippen LogP contribution is -2.18. The van der Waals surface area contributed by atoms with Crippen LogP contribution in [0.15, 0.2) is 82.6 Å². The minimum Gasteiger partial charge on any atom is -0.478 e. The highest BCUT2D eigenvalue weighted by Crippen LogP contribution is 2.23. The molecule has 2 aromatic heterocycles. The van der Waals surface area contributed by atoms with E-state index in [9.17, 15) is 9.59 Å². The Morgan fingerprint density at radius 1 is 1.26 bits per heavy atom. The standard InChI is InChI=1S/C22H22N2O3/c1-2-18-8-6-16(11-17-12-20(22(26)27)14-23-13-17)7-9-19(18)15-24-10-4-3-5-21(24)25/h3-7,9-10,12-14H,2,8,11,15H2,1H3,(H,26,27). The van der Waals surface area contributed by atoms with Gasteiger partial charge in [-0.2, -0.15) is 0 Å². The van der Waals surface area contributed by atoms with Gasteiger partial charge >= 0.3 is 5.97 Å². The molecule has 2 aromatic rings. The van der Waals surface area contributed by atoms with E-state index in [-0.39, 0.29) is 11.1 Å². The predicted octanol–water partition coefficient (Wildman–Crippen LogP) is 3.78. The third-order valence-corrected chi connectivity index (χ3v) is 4.68. The normalized spacial score (nSPS) is 14.0. The lowest BCUT2D eigenvalue weighted by molar-refractivity contribution is 0.0696.